The highest BCUT2D eigenvalue weighted by Crippen LogP contribution is 2.20. The Balaban J connectivity index is 1.70. The van der Waals surface area contributed by atoms with Gasteiger partial charge in [-0.25, -0.2) is 4.79 Å². The molecule has 4 N–H and O–H groups in total. The Morgan fingerprint density at radius 2 is 1.67 bits per heavy atom. The molecule has 10 heteroatoms. The van der Waals surface area contributed by atoms with Gasteiger partial charge in [-0.1, -0.05) is 67.1 Å². The van der Waals surface area contributed by atoms with Crippen LogP contribution in [-0.4, -0.2) is 70.8 Å². The van der Waals surface area contributed by atoms with E-state index < -0.39 is 30.2 Å². The number of nitriles is 1. The van der Waals surface area contributed by atoms with Gasteiger partial charge in [-0.05, 0) is 57.7 Å². The average Bonchev–Trinajstić information content (AvgIpc) is 2.96. The van der Waals surface area contributed by atoms with Gasteiger partial charge in [-0.2, -0.15) is 5.26 Å². The topological polar surface area (TPSA) is 144 Å². The van der Waals surface area contributed by atoms with Gasteiger partial charge in [0.1, 0.15) is 12.6 Å². The van der Waals surface area contributed by atoms with Crippen LogP contribution in [0.2, 0.25) is 0 Å². The minimum Gasteiger partial charge on any atom is -0.445 e. The summed E-state index contributed by atoms with van der Waals surface area (Å²) in [6.45, 7) is 6.64. The van der Waals surface area contributed by atoms with Gasteiger partial charge >= 0.3 is 6.09 Å². The average molecular weight is 578 g/mol. The predicted octanol–water partition coefficient (Wildman–Crippen LogP) is 3.05. The molecule has 1 saturated heterocycles. The van der Waals surface area contributed by atoms with E-state index in [9.17, 15) is 24.8 Å². The third kappa shape index (κ3) is 10.8. The van der Waals surface area contributed by atoms with Crippen LogP contribution in [0.1, 0.15) is 57.6 Å². The number of rotatable bonds is 12. The fourth-order valence-electron chi connectivity index (χ4n) is 4.97. The third-order valence-corrected chi connectivity index (χ3v) is 7.04. The molecule has 226 valence electrons. The molecular weight excluding hydrogens is 534 g/mol. The molecule has 0 bridgehead atoms. The molecule has 4 atom stereocenters. The maximum Gasteiger partial charge on any atom is 0.408 e. The van der Waals surface area contributed by atoms with E-state index in [1.165, 1.54) is 0 Å². The molecule has 3 rings (SSSR count). The van der Waals surface area contributed by atoms with Gasteiger partial charge in [-0.15, -0.1) is 0 Å². The van der Waals surface area contributed by atoms with Crippen LogP contribution in [0.3, 0.4) is 0 Å². The lowest BCUT2D eigenvalue weighted by Gasteiger charge is -2.38. The number of aliphatic hydroxyl groups excluding tert-OH is 1. The van der Waals surface area contributed by atoms with E-state index in [1.807, 2.05) is 92.4 Å². The Hall–Kier alpha value is -3.94. The SMILES string of the molecule is CC(C)(C)NC(=O)[C@@H]1CCCCN1C[C@@H](O)[C@H](Cc1ccccc1)NC(=O)[C@H](CC#N)NC(=O)OCc1ccccc1. The van der Waals surface area contributed by atoms with Crippen molar-refractivity contribution in [2.75, 3.05) is 13.1 Å². The Kier molecular flexibility index (Phi) is 12.3. The smallest absolute Gasteiger partial charge is 0.408 e. The molecule has 0 radical (unpaired) electrons. The minimum atomic E-state index is -1.18. The van der Waals surface area contributed by atoms with Crippen molar-refractivity contribution in [1.29, 1.82) is 5.26 Å². The lowest BCUT2D eigenvalue weighted by atomic mass is 9.96. The van der Waals surface area contributed by atoms with E-state index >= 15 is 0 Å². The molecule has 2 aromatic carbocycles. The first-order chi connectivity index (χ1) is 20.1. The summed E-state index contributed by atoms with van der Waals surface area (Å²) in [6, 6.07) is 18.2. The molecule has 1 fully saturated rings. The maximum absolute atomic E-state index is 13.3. The van der Waals surface area contributed by atoms with Crippen molar-refractivity contribution in [2.24, 2.45) is 0 Å². The summed E-state index contributed by atoms with van der Waals surface area (Å²) >= 11 is 0. The molecule has 0 spiro atoms. The molecule has 0 aliphatic carbocycles. The Morgan fingerprint density at radius 3 is 2.29 bits per heavy atom. The first-order valence-corrected chi connectivity index (χ1v) is 14.5. The van der Waals surface area contributed by atoms with Crippen molar-refractivity contribution < 1.29 is 24.2 Å². The van der Waals surface area contributed by atoms with Crippen molar-refractivity contribution in [1.82, 2.24) is 20.9 Å². The normalized spacial score (nSPS) is 17.6. The molecule has 1 aliphatic heterocycles. The van der Waals surface area contributed by atoms with Crippen LogP contribution in [-0.2, 0) is 27.4 Å². The highest BCUT2D eigenvalue weighted by atomic mass is 16.5. The summed E-state index contributed by atoms with van der Waals surface area (Å²) in [5, 5.41) is 29.2. The molecule has 10 nitrogen and oxygen atoms in total. The predicted molar refractivity (Wildman–Crippen MR) is 159 cm³/mol. The van der Waals surface area contributed by atoms with E-state index in [4.69, 9.17) is 4.74 Å². The first kappa shape index (κ1) is 32.6. The minimum absolute atomic E-state index is 0.0166. The Bertz CT molecular complexity index is 1200. The molecule has 2 aromatic rings. The number of amides is 3. The number of nitrogens with zero attached hydrogens (tertiary/aromatic N) is 2. The largest absolute Gasteiger partial charge is 0.445 e. The van der Waals surface area contributed by atoms with E-state index in [1.54, 1.807) is 0 Å². The number of nitrogens with one attached hydrogen (secondary N) is 3. The van der Waals surface area contributed by atoms with Crippen LogP contribution >= 0.6 is 0 Å². The molecule has 0 unspecified atom stereocenters. The highest BCUT2D eigenvalue weighted by Gasteiger charge is 2.34. The zero-order chi connectivity index (χ0) is 30.5. The summed E-state index contributed by atoms with van der Waals surface area (Å²) in [6.07, 6.45) is 0.700. The van der Waals surface area contributed by atoms with Crippen LogP contribution in [0.4, 0.5) is 4.79 Å². The van der Waals surface area contributed by atoms with Gasteiger partial charge in [0.2, 0.25) is 11.8 Å². The van der Waals surface area contributed by atoms with Crippen molar-refractivity contribution in [2.45, 2.75) is 89.3 Å². The molecule has 0 aromatic heterocycles. The molecule has 42 heavy (non-hydrogen) atoms. The lowest BCUT2D eigenvalue weighted by Crippen LogP contribution is -2.58. The Labute approximate surface area is 248 Å². The van der Waals surface area contributed by atoms with Gasteiger partial charge in [0.05, 0.1) is 30.7 Å². The number of piperidine rings is 1. The molecule has 1 aliphatic rings. The second-order valence-corrected chi connectivity index (χ2v) is 11.7. The summed E-state index contributed by atoms with van der Waals surface area (Å²) in [7, 11) is 0. The van der Waals surface area contributed by atoms with Crippen molar-refractivity contribution in [3.63, 3.8) is 0 Å². The molecule has 3 amide bonds. The van der Waals surface area contributed by atoms with E-state index in [0.29, 0.717) is 19.4 Å². The van der Waals surface area contributed by atoms with Gasteiger partial charge < -0.3 is 25.8 Å². The number of aliphatic hydroxyl groups is 1. The van der Waals surface area contributed by atoms with Crippen LogP contribution in [0.5, 0.6) is 0 Å². The maximum atomic E-state index is 13.3. The van der Waals surface area contributed by atoms with Crippen LogP contribution in [0.25, 0.3) is 0 Å². The number of likely N-dealkylation sites (tertiary alicyclic amines) is 1. The summed E-state index contributed by atoms with van der Waals surface area (Å²) in [5.74, 6) is -0.681. The lowest BCUT2D eigenvalue weighted by molar-refractivity contribution is -0.130. The van der Waals surface area contributed by atoms with Crippen molar-refractivity contribution >= 4 is 17.9 Å². The quantitative estimate of drug-likeness (QED) is 0.304. The third-order valence-electron chi connectivity index (χ3n) is 7.04. The number of carbonyl (C=O) groups is 3. The summed E-state index contributed by atoms with van der Waals surface area (Å²) in [4.78, 5) is 40.9. The summed E-state index contributed by atoms with van der Waals surface area (Å²) in [5.41, 5.74) is 1.30. The Morgan fingerprint density at radius 1 is 1.02 bits per heavy atom. The number of hydrogen-bond acceptors (Lipinski definition) is 7. The van der Waals surface area contributed by atoms with E-state index in [0.717, 1.165) is 24.0 Å². The van der Waals surface area contributed by atoms with Gasteiger partial charge in [-0.3, -0.25) is 14.5 Å². The molecule has 1 heterocycles. The number of benzene rings is 2. The number of alkyl carbamates (subject to hydrolysis) is 1. The molecular formula is C32H43N5O5. The first-order valence-electron chi connectivity index (χ1n) is 14.5. The monoisotopic (exact) mass is 577 g/mol. The fraction of sp³-hybridized carbons (Fsp3) is 0.500. The standard InChI is InChI=1S/C32H43N5O5/c1-32(2,3)36-30(40)27-16-10-11-19-37(27)21-28(38)26(20-23-12-6-4-7-13-23)34-29(39)25(17-18-33)35-31(41)42-22-24-14-8-5-9-15-24/h4-9,12-15,25-28,38H,10-11,16-17,19-22H2,1-3H3,(H,34,39)(H,35,41)(H,36,40)/t25-,26-,27-,28+/m0/s1. The second-order valence-electron chi connectivity index (χ2n) is 11.7. The zero-order valence-electron chi connectivity index (χ0n) is 24.7. The van der Waals surface area contributed by atoms with Gasteiger partial charge in [0.15, 0.2) is 0 Å². The number of ether oxygens (including phenoxy) is 1. The van der Waals surface area contributed by atoms with Gasteiger partial charge in [0.25, 0.3) is 0 Å². The number of carbonyl (C=O) groups excluding carboxylic acids is 3. The molecule has 0 saturated carbocycles. The van der Waals surface area contributed by atoms with E-state index in [-0.39, 0.29) is 37.1 Å². The number of hydrogen-bond donors (Lipinski definition) is 4. The number of β-amino-alcohol motifs (C(OH)–C–C–N with tert-alkyl or cyclic N) is 1. The van der Waals surface area contributed by atoms with Crippen LogP contribution in [0, 0.1) is 11.3 Å². The fourth-order valence-corrected chi connectivity index (χ4v) is 4.97. The van der Waals surface area contributed by atoms with Crippen LogP contribution in [0.15, 0.2) is 60.7 Å². The van der Waals surface area contributed by atoms with Crippen LogP contribution < -0.4 is 16.0 Å². The van der Waals surface area contributed by atoms with Crippen molar-refractivity contribution in [3.05, 3.63) is 71.8 Å². The van der Waals surface area contributed by atoms with E-state index in [2.05, 4.69) is 16.0 Å². The van der Waals surface area contributed by atoms with Gasteiger partial charge in [0, 0.05) is 12.1 Å². The van der Waals surface area contributed by atoms with Crippen molar-refractivity contribution in [3.8, 4) is 6.07 Å². The zero-order valence-corrected chi connectivity index (χ0v) is 24.7. The second kappa shape index (κ2) is 15.9. The summed E-state index contributed by atoms with van der Waals surface area (Å²) < 4.78 is 5.24. The highest BCUT2D eigenvalue weighted by molar-refractivity contribution is 5.86.